The Morgan fingerprint density at radius 3 is 1.26 bits per heavy atom. The number of aryl methyl sites for hydroxylation is 1. The monoisotopic (exact) mass is 980 g/mol. The van der Waals surface area contributed by atoms with Crippen molar-refractivity contribution in [1.82, 2.24) is 0 Å². The number of benzene rings is 12. The number of fused-ring (bicyclic) bond motifs is 26. The molecule has 1 atom stereocenters. The molecule has 1 nitrogen and oxygen atoms in total. The first-order valence-electron chi connectivity index (χ1n) is 27.6. The van der Waals surface area contributed by atoms with Gasteiger partial charge in [-0.1, -0.05) is 263 Å². The average Bonchev–Trinajstić information content (AvgIpc) is 4.25. The summed E-state index contributed by atoms with van der Waals surface area (Å²) in [4.78, 5) is 0. The van der Waals surface area contributed by atoms with Crippen molar-refractivity contribution in [2.75, 3.05) is 0 Å². The molecule has 12 aromatic carbocycles. The molecule has 12 aromatic rings. The molecule has 1 aliphatic heterocycles. The quantitative estimate of drug-likeness (QED) is 0.167. The van der Waals surface area contributed by atoms with Crippen LogP contribution in [-0.2, 0) is 22.7 Å². The zero-order valence-corrected chi connectivity index (χ0v) is 43.1. The van der Waals surface area contributed by atoms with E-state index in [0.29, 0.717) is 0 Å². The summed E-state index contributed by atoms with van der Waals surface area (Å²) in [7, 11) is 0. The van der Waals surface area contributed by atoms with Crippen molar-refractivity contribution in [2.45, 2.75) is 48.9 Å². The van der Waals surface area contributed by atoms with Crippen molar-refractivity contribution in [3.8, 4) is 56.0 Å². The van der Waals surface area contributed by atoms with Gasteiger partial charge >= 0.3 is 0 Å². The van der Waals surface area contributed by atoms with Crippen LogP contribution < -0.4 is 4.74 Å². The fourth-order valence-corrected chi connectivity index (χ4v) is 15.7. The lowest BCUT2D eigenvalue weighted by atomic mass is 9.65. The van der Waals surface area contributed by atoms with Gasteiger partial charge in [-0.2, -0.15) is 0 Å². The summed E-state index contributed by atoms with van der Waals surface area (Å²) in [6.07, 6.45) is 1.82. The lowest BCUT2D eigenvalue weighted by Gasteiger charge is -2.40. The molecule has 17 rings (SSSR count). The highest BCUT2D eigenvalue weighted by Crippen LogP contribution is 2.66. The summed E-state index contributed by atoms with van der Waals surface area (Å²) >= 11 is 0. The number of ether oxygens (including phenoxy) is 1. The molecule has 0 amide bonds. The van der Waals surface area contributed by atoms with Gasteiger partial charge in [0.1, 0.15) is 11.5 Å². The van der Waals surface area contributed by atoms with E-state index in [9.17, 15) is 0 Å². The third kappa shape index (κ3) is 5.53. The average molecular weight is 981 g/mol. The Hall–Kier alpha value is -9.04. The molecule has 77 heavy (non-hydrogen) atoms. The van der Waals surface area contributed by atoms with Gasteiger partial charge in [-0.3, -0.25) is 0 Å². The first-order valence-corrected chi connectivity index (χ1v) is 27.6. The summed E-state index contributed by atoms with van der Waals surface area (Å²) in [5.41, 5.74) is 27.0. The fraction of sp³-hybridized carbons (Fsp3) is 0.105. The highest BCUT2D eigenvalue weighted by Gasteiger charge is 2.53. The van der Waals surface area contributed by atoms with Crippen LogP contribution in [0.2, 0.25) is 0 Å². The second-order valence-corrected chi connectivity index (χ2v) is 22.9. The minimum Gasteiger partial charge on any atom is -0.455 e. The lowest BCUT2D eigenvalue weighted by Crippen LogP contribution is -2.32. The topological polar surface area (TPSA) is 9.23 Å². The maximum absolute atomic E-state index is 7.32. The van der Waals surface area contributed by atoms with Crippen molar-refractivity contribution in [2.24, 2.45) is 0 Å². The zero-order chi connectivity index (χ0) is 50.8. The predicted molar refractivity (Wildman–Crippen MR) is 316 cm³/mol. The normalized spacial score (nSPS) is 15.6. The van der Waals surface area contributed by atoms with E-state index in [1.165, 1.54) is 128 Å². The van der Waals surface area contributed by atoms with Crippen molar-refractivity contribution in [1.29, 1.82) is 0 Å². The van der Waals surface area contributed by atoms with Gasteiger partial charge < -0.3 is 4.74 Å². The second-order valence-electron chi connectivity index (χ2n) is 22.9. The van der Waals surface area contributed by atoms with E-state index in [1.807, 2.05) is 0 Å². The van der Waals surface area contributed by atoms with Crippen molar-refractivity contribution >= 4 is 21.5 Å². The van der Waals surface area contributed by atoms with Crippen LogP contribution in [0.15, 0.2) is 249 Å². The summed E-state index contributed by atoms with van der Waals surface area (Å²) in [6, 6.07) is 95.0. The second kappa shape index (κ2) is 15.5. The summed E-state index contributed by atoms with van der Waals surface area (Å²) < 4.78 is 7.32. The van der Waals surface area contributed by atoms with Crippen molar-refractivity contribution in [3.63, 3.8) is 0 Å². The largest absolute Gasteiger partial charge is 0.455 e. The van der Waals surface area contributed by atoms with Gasteiger partial charge in [-0.05, 0) is 129 Å². The molecule has 0 bridgehead atoms. The standard InChI is InChI=1S/C76H52O/c1-74(2)62-26-12-7-25-58(62)61-44-49(36-40-63(61)74)51(50-33-39-60-57-24-10-15-29-66(57)75(71(60)45-50)64-27-13-8-21-54(64)55-22-9-14-28-65(55)75)37-31-46-32-38-59-56-23-11-16-30-67(56)76(70(59)43-46)68-41-34-47-17-3-5-19-52(47)72(68)77-73-53-20-6-4-18-48(53)35-42-69(73)76/h3-30,32-36,38-45,51H,31,37H2,1-2H3. The summed E-state index contributed by atoms with van der Waals surface area (Å²) in [5, 5.41) is 4.63. The van der Waals surface area contributed by atoms with Gasteiger partial charge in [0.15, 0.2) is 0 Å². The van der Waals surface area contributed by atoms with Gasteiger partial charge in [0.05, 0.1) is 10.8 Å². The van der Waals surface area contributed by atoms with Gasteiger partial charge in [-0.15, -0.1) is 0 Å². The Labute approximate surface area is 449 Å². The van der Waals surface area contributed by atoms with E-state index in [1.54, 1.807) is 0 Å². The molecule has 1 unspecified atom stereocenters. The van der Waals surface area contributed by atoms with Gasteiger partial charge in [0, 0.05) is 33.2 Å². The molecule has 0 radical (unpaired) electrons. The molecule has 2 spiro atoms. The Balaban J connectivity index is 0.861. The minimum absolute atomic E-state index is 0.0765. The van der Waals surface area contributed by atoms with Crippen LogP contribution in [-0.4, -0.2) is 0 Å². The fourth-order valence-electron chi connectivity index (χ4n) is 15.7. The summed E-state index contributed by atoms with van der Waals surface area (Å²) in [5.74, 6) is 2.01. The molecule has 1 heterocycles. The van der Waals surface area contributed by atoms with Gasteiger partial charge in [-0.25, -0.2) is 0 Å². The highest BCUT2D eigenvalue weighted by atomic mass is 16.5. The Morgan fingerprint density at radius 2 is 0.701 bits per heavy atom. The van der Waals surface area contributed by atoms with E-state index < -0.39 is 10.8 Å². The number of rotatable bonds is 5. The van der Waals surface area contributed by atoms with Crippen molar-refractivity contribution < 1.29 is 4.74 Å². The molecular weight excluding hydrogens is 929 g/mol. The zero-order valence-electron chi connectivity index (χ0n) is 43.1. The molecule has 0 saturated carbocycles. The molecule has 4 aliphatic carbocycles. The van der Waals surface area contributed by atoms with Crippen LogP contribution in [0.3, 0.4) is 0 Å². The molecule has 362 valence electrons. The van der Waals surface area contributed by atoms with E-state index >= 15 is 0 Å². The minimum atomic E-state index is -0.602. The molecule has 0 fully saturated rings. The smallest absolute Gasteiger partial charge is 0.140 e. The van der Waals surface area contributed by atoms with Crippen LogP contribution in [0, 0.1) is 0 Å². The van der Waals surface area contributed by atoms with Crippen LogP contribution in [0.1, 0.15) is 98.5 Å². The van der Waals surface area contributed by atoms with Crippen LogP contribution in [0.5, 0.6) is 11.5 Å². The molecule has 1 heteroatoms. The maximum Gasteiger partial charge on any atom is 0.140 e. The molecule has 0 saturated heterocycles. The van der Waals surface area contributed by atoms with Gasteiger partial charge in [0.25, 0.3) is 0 Å². The molecule has 5 aliphatic rings. The number of hydrogen-bond donors (Lipinski definition) is 0. The SMILES string of the molecule is CC1(C)c2ccccc2-c2cc(C(CCc3ccc4c(c3)C3(c5ccccc5-4)c4ccc5ccccc5c4Oc4c3ccc3ccccc43)c3ccc4c(c3)C3(c5ccccc5-c5ccccc53)c3ccccc3-4)ccc21. The Kier molecular flexibility index (Phi) is 8.72. The molecular formula is C76H52O. The molecule has 0 aromatic heterocycles. The lowest BCUT2D eigenvalue weighted by molar-refractivity contribution is 0.447. The van der Waals surface area contributed by atoms with E-state index in [0.717, 1.165) is 35.1 Å². The van der Waals surface area contributed by atoms with Crippen LogP contribution in [0.25, 0.3) is 66.1 Å². The maximum atomic E-state index is 7.32. The molecule has 0 N–H and O–H groups in total. The predicted octanol–water partition coefficient (Wildman–Crippen LogP) is 18.9. The highest BCUT2D eigenvalue weighted by molar-refractivity contribution is 6.00. The first-order chi connectivity index (χ1) is 37.9. The first kappa shape index (κ1) is 43.2. The Bertz CT molecular complexity index is 4400. The van der Waals surface area contributed by atoms with Crippen LogP contribution >= 0.6 is 0 Å². The van der Waals surface area contributed by atoms with Crippen molar-refractivity contribution in [3.05, 3.63) is 321 Å². The van der Waals surface area contributed by atoms with E-state index in [2.05, 4.69) is 263 Å². The Morgan fingerprint density at radius 1 is 0.312 bits per heavy atom. The third-order valence-electron chi connectivity index (χ3n) is 19.0. The van der Waals surface area contributed by atoms with E-state index in [-0.39, 0.29) is 11.3 Å². The number of hydrogen-bond acceptors (Lipinski definition) is 1. The van der Waals surface area contributed by atoms with Crippen LogP contribution in [0.4, 0.5) is 0 Å². The van der Waals surface area contributed by atoms with E-state index in [4.69, 9.17) is 4.74 Å². The van der Waals surface area contributed by atoms with Gasteiger partial charge in [0.2, 0.25) is 0 Å². The third-order valence-corrected chi connectivity index (χ3v) is 19.0. The summed E-state index contributed by atoms with van der Waals surface area (Å²) in [6.45, 7) is 4.78.